The Balaban J connectivity index is 2.47. The maximum absolute atomic E-state index is 13.2. The third-order valence-electron chi connectivity index (χ3n) is 3.72. The second-order valence-corrected chi connectivity index (χ2v) is 5.01. The zero-order chi connectivity index (χ0) is 17.2. The molecule has 0 aliphatic carbocycles. The molecule has 2 rings (SSSR count). The summed E-state index contributed by atoms with van der Waals surface area (Å²) >= 11 is 0. The maximum atomic E-state index is 13.2. The van der Waals surface area contributed by atoms with Gasteiger partial charge in [0.25, 0.3) is 0 Å². The van der Waals surface area contributed by atoms with E-state index in [1.165, 1.54) is 7.11 Å². The van der Waals surface area contributed by atoms with Crippen LogP contribution in [-0.4, -0.2) is 38.1 Å². The van der Waals surface area contributed by atoms with Crippen molar-refractivity contribution in [3.63, 3.8) is 0 Å². The summed E-state index contributed by atoms with van der Waals surface area (Å²) in [4.78, 5) is 12.0. The van der Waals surface area contributed by atoms with Gasteiger partial charge in [0.2, 0.25) is 0 Å². The number of carbonyl (C=O) groups is 1. The number of hydrazone groups is 1. The fourth-order valence-corrected chi connectivity index (χ4v) is 2.59. The van der Waals surface area contributed by atoms with Gasteiger partial charge in [-0.2, -0.15) is 18.3 Å². The molecule has 0 radical (unpaired) electrons. The molecular formula is C15H17F3N2O3. The molecule has 1 aliphatic rings. The number of hydrogen-bond donors (Lipinski definition) is 0. The first-order valence-electron chi connectivity index (χ1n) is 7.00. The number of rotatable bonds is 4. The number of methoxy groups -OCH3 is 2. The van der Waals surface area contributed by atoms with Crippen LogP contribution < -0.4 is 9.75 Å². The molecule has 1 heterocycles. The van der Waals surface area contributed by atoms with Gasteiger partial charge in [-0.05, 0) is 30.7 Å². The van der Waals surface area contributed by atoms with E-state index in [9.17, 15) is 18.0 Å². The lowest BCUT2D eigenvalue weighted by molar-refractivity contribution is -0.142. The molecule has 0 N–H and O–H groups in total. The van der Waals surface area contributed by atoms with E-state index in [0.717, 1.165) is 12.1 Å². The highest BCUT2D eigenvalue weighted by molar-refractivity contribution is 6.01. The number of carbonyl (C=O) groups excluding carboxylic acids is 1. The molecule has 126 valence electrons. The average molecular weight is 330 g/mol. The molecule has 5 nitrogen and oxygen atoms in total. The van der Waals surface area contributed by atoms with Crippen LogP contribution in [0.2, 0.25) is 0 Å². The van der Waals surface area contributed by atoms with E-state index in [2.05, 4.69) is 9.84 Å². The monoisotopic (exact) mass is 330 g/mol. The van der Waals surface area contributed by atoms with Gasteiger partial charge in [0.15, 0.2) is 6.04 Å². The van der Waals surface area contributed by atoms with E-state index in [1.54, 1.807) is 31.2 Å². The molecule has 2 unspecified atom stereocenters. The van der Waals surface area contributed by atoms with Crippen LogP contribution in [0.1, 0.15) is 13.3 Å². The van der Waals surface area contributed by atoms with Crippen LogP contribution in [-0.2, 0) is 9.53 Å². The van der Waals surface area contributed by atoms with Crippen LogP contribution in [0.25, 0.3) is 0 Å². The van der Waals surface area contributed by atoms with Crippen molar-refractivity contribution in [2.75, 3.05) is 19.2 Å². The molecule has 0 saturated carbocycles. The van der Waals surface area contributed by atoms with Crippen LogP contribution in [0.4, 0.5) is 18.9 Å². The fraction of sp³-hybridized carbons (Fsp3) is 0.467. The highest BCUT2D eigenvalue weighted by Crippen LogP contribution is 2.37. The molecule has 23 heavy (non-hydrogen) atoms. The fourth-order valence-electron chi connectivity index (χ4n) is 2.59. The Kier molecular flexibility index (Phi) is 4.82. The van der Waals surface area contributed by atoms with Gasteiger partial charge in [-0.1, -0.05) is 6.92 Å². The lowest BCUT2D eigenvalue weighted by Crippen LogP contribution is -2.43. The Morgan fingerprint density at radius 3 is 2.30 bits per heavy atom. The van der Waals surface area contributed by atoms with Gasteiger partial charge in [-0.25, -0.2) is 4.79 Å². The van der Waals surface area contributed by atoms with Crippen molar-refractivity contribution in [3.8, 4) is 5.75 Å². The first-order valence-corrected chi connectivity index (χ1v) is 7.00. The minimum Gasteiger partial charge on any atom is -0.497 e. The molecule has 1 aromatic carbocycles. The Morgan fingerprint density at radius 2 is 1.87 bits per heavy atom. The van der Waals surface area contributed by atoms with Gasteiger partial charge in [-0.15, -0.1) is 0 Å². The predicted molar refractivity (Wildman–Crippen MR) is 78.5 cm³/mol. The largest absolute Gasteiger partial charge is 0.497 e. The molecule has 0 aromatic heterocycles. The summed E-state index contributed by atoms with van der Waals surface area (Å²) in [6.07, 6.45) is -4.49. The predicted octanol–water partition coefficient (Wildman–Crippen LogP) is 3.00. The Hall–Kier alpha value is -2.25. The zero-order valence-electron chi connectivity index (χ0n) is 12.9. The topological polar surface area (TPSA) is 51.1 Å². The standard InChI is InChI=1S/C15H17F3N2O3/c1-4-11-12(14(21)23-3)20(19-13(11)15(16,17)18)9-5-7-10(22-2)8-6-9/h5-8,11-12H,4H2,1-3H3. The number of alkyl halides is 3. The maximum Gasteiger partial charge on any atom is 0.431 e. The average Bonchev–Trinajstić information content (AvgIpc) is 2.94. The number of esters is 1. The van der Waals surface area contributed by atoms with E-state index < -0.39 is 29.8 Å². The van der Waals surface area contributed by atoms with Crippen molar-refractivity contribution in [1.29, 1.82) is 0 Å². The highest BCUT2D eigenvalue weighted by atomic mass is 19.4. The molecule has 1 aliphatic heterocycles. The summed E-state index contributed by atoms with van der Waals surface area (Å²) in [5.41, 5.74) is -0.606. The molecule has 0 bridgehead atoms. The van der Waals surface area contributed by atoms with Gasteiger partial charge in [0.1, 0.15) is 11.5 Å². The molecule has 0 fully saturated rings. The third-order valence-corrected chi connectivity index (χ3v) is 3.72. The first-order chi connectivity index (χ1) is 10.8. The summed E-state index contributed by atoms with van der Waals surface area (Å²) in [5.74, 6) is -1.28. The summed E-state index contributed by atoms with van der Waals surface area (Å²) < 4.78 is 49.3. The molecule has 2 atom stereocenters. The van der Waals surface area contributed by atoms with Crippen LogP contribution in [0.5, 0.6) is 5.75 Å². The zero-order valence-corrected chi connectivity index (χ0v) is 12.9. The quantitative estimate of drug-likeness (QED) is 0.797. The van der Waals surface area contributed by atoms with Gasteiger partial charge < -0.3 is 9.47 Å². The first kappa shape index (κ1) is 17.1. The van der Waals surface area contributed by atoms with Crippen LogP contribution in [0.3, 0.4) is 0 Å². The van der Waals surface area contributed by atoms with Gasteiger partial charge in [0.05, 0.1) is 19.9 Å². The van der Waals surface area contributed by atoms with Crippen LogP contribution in [0.15, 0.2) is 29.4 Å². The van der Waals surface area contributed by atoms with Crippen molar-refractivity contribution in [1.82, 2.24) is 0 Å². The molecular weight excluding hydrogens is 313 g/mol. The van der Waals surface area contributed by atoms with Crippen molar-refractivity contribution < 1.29 is 27.4 Å². The lowest BCUT2D eigenvalue weighted by atomic mass is 9.92. The number of nitrogens with zero attached hydrogens (tertiary/aromatic N) is 2. The van der Waals surface area contributed by atoms with E-state index in [0.29, 0.717) is 11.4 Å². The number of ether oxygens (including phenoxy) is 2. The Morgan fingerprint density at radius 1 is 1.26 bits per heavy atom. The van der Waals surface area contributed by atoms with Gasteiger partial charge >= 0.3 is 12.1 Å². The molecule has 1 aromatic rings. The van der Waals surface area contributed by atoms with E-state index in [-0.39, 0.29) is 6.42 Å². The van der Waals surface area contributed by atoms with E-state index >= 15 is 0 Å². The number of anilines is 1. The highest BCUT2D eigenvalue weighted by Gasteiger charge is 2.52. The van der Waals surface area contributed by atoms with Crippen molar-refractivity contribution >= 4 is 17.4 Å². The smallest absolute Gasteiger partial charge is 0.431 e. The van der Waals surface area contributed by atoms with Crippen LogP contribution >= 0.6 is 0 Å². The molecule has 0 saturated heterocycles. The van der Waals surface area contributed by atoms with Crippen LogP contribution in [0, 0.1) is 5.92 Å². The van der Waals surface area contributed by atoms with Crippen molar-refractivity contribution in [3.05, 3.63) is 24.3 Å². The Labute approximate surface area is 131 Å². The van der Waals surface area contributed by atoms with Crippen molar-refractivity contribution in [2.45, 2.75) is 25.6 Å². The second-order valence-electron chi connectivity index (χ2n) is 5.01. The minimum absolute atomic E-state index is 0.116. The summed E-state index contributed by atoms with van der Waals surface area (Å²) in [6.45, 7) is 1.58. The number of halogens is 3. The number of hydrogen-bond acceptors (Lipinski definition) is 5. The van der Waals surface area contributed by atoms with Crippen molar-refractivity contribution in [2.24, 2.45) is 11.0 Å². The minimum atomic E-state index is -4.60. The van der Waals surface area contributed by atoms with E-state index in [1.807, 2.05) is 0 Å². The lowest BCUT2D eigenvalue weighted by Gasteiger charge is -2.25. The summed E-state index contributed by atoms with van der Waals surface area (Å²) in [6, 6.07) is 5.13. The molecule has 0 spiro atoms. The number of benzene rings is 1. The Bertz CT molecular complexity index is 599. The van der Waals surface area contributed by atoms with E-state index in [4.69, 9.17) is 4.74 Å². The second kappa shape index (κ2) is 6.47. The van der Waals surface area contributed by atoms with Gasteiger partial charge in [-0.3, -0.25) is 5.01 Å². The summed E-state index contributed by atoms with van der Waals surface area (Å²) in [7, 11) is 2.63. The normalized spacial score (nSPS) is 21.1. The molecule has 8 heteroatoms. The third kappa shape index (κ3) is 3.25. The molecule has 0 amide bonds. The van der Waals surface area contributed by atoms with Gasteiger partial charge in [0, 0.05) is 5.92 Å². The summed E-state index contributed by atoms with van der Waals surface area (Å²) in [5, 5.41) is 4.74. The SMILES string of the molecule is CCC1C(C(F)(F)F)=NN(c2ccc(OC)cc2)C1C(=O)OC.